The van der Waals surface area contributed by atoms with Crippen molar-refractivity contribution in [3.8, 4) is 11.5 Å². The van der Waals surface area contributed by atoms with Crippen LogP contribution in [0.5, 0.6) is 11.5 Å². The third-order valence-electron chi connectivity index (χ3n) is 4.48. The van der Waals surface area contributed by atoms with Gasteiger partial charge >= 0.3 is 7.60 Å². The molecular weight excluding hydrogens is 413 g/mol. The van der Waals surface area contributed by atoms with E-state index in [9.17, 15) is 4.57 Å². The van der Waals surface area contributed by atoms with Crippen LogP contribution in [0.2, 0.25) is 0 Å². The van der Waals surface area contributed by atoms with Gasteiger partial charge in [0, 0.05) is 0 Å². The highest BCUT2D eigenvalue weighted by molar-refractivity contribution is 7.54. The van der Waals surface area contributed by atoms with E-state index in [1.165, 1.54) is 0 Å². The second kappa shape index (κ2) is 10.0. The van der Waals surface area contributed by atoms with Crippen LogP contribution in [0, 0.1) is 0 Å². The van der Waals surface area contributed by atoms with E-state index in [1.54, 1.807) is 24.3 Å². The summed E-state index contributed by atoms with van der Waals surface area (Å²) in [5.74, 6) is 1.46. The molecule has 0 saturated heterocycles. The normalized spacial score (nSPS) is 12.3. The summed E-state index contributed by atoms with van der Waals surface area (Å²) < 4.78 is 25.4. The van der Waals surface area contributed by atoms with E-state index < -0.39 is 7.60 Å². The van der Waals surface area contributed by atoms with Crippen LogP contribution < -0.4 is 14.4 Å². The summed E-state index contributed by atoms with van der Waals surface area (Å²) in [7, 11) is -3.62. The minimum absolute atomic E-state index is 0.0466. The van der Waals surface area contributed by atoms with E-state index in [0.29, 0.717) is 23.7 Å². The number of aromatic nitrogens is 4. The molecule has 9 heteroatoms. The smallest absolute Gasteiger partial charge is 0.415 e. The standard InChI is InChI=1S/C22H22N5O3P/c28-31(29-19-12-6-2-7-13-19,30-20-14-8-3-9-15-20)17-23-21(22-24-26-27-25-22)16-18-10-4-1-5-11-18/h1-15,21,23H,16-17H2,(H,24,25,26,27). The first-order valence-corrected chi connectivity index (χ1v) is 11.5. The molecule has 3 aromatic carbocycles. The molecule has 0 aliphatic heterocycles. The molecule has 0 radical (unpaired) electrons. The van der Waals surface area contributed by atoms with Gasteiger partial charge in [0.2, 0.25) is 0 Å². The van der Waals surface area contributed by atoms with Crippen LogP contribution in [0.25, 0.3) is 0 Å². The second-order valence-corrected chi connectivity index (χ2v) is 8.71. The van der Waals surface area contributed by atoms with Crippen molar-refractivity contribution in [3.63, 3.8) is 0 Å². The number of benzene rings is 3. The van der Waals surface area contributed by atoms with Gasteiger partial charge in [-0.1, -0.05) is 66.7 Å². The Balaban J connectivity index is 1.54. The van der Waals surface area contributed by atoms with E-state index in [-0.39, 0.29) is 12.3 Å². The van der Waals surface area contributed by atoms with Crippen LogP contribution in [0.15, 0.2) is 91.0 Å². The Labute approximate surface area is 180 Å². The predicted molar refractivity (Wildman–Crippen MR) is 117 cm³/mol. The summed E-state index contributed by atoms with van der Waals surface area (Å²) in [6.45, 7) is 0. The maximum atomic E-state index is 13.7. The number of tetrazole rings is 1. The van der Waals surface area contributed by atoms with Crippen LogP contribution in [-0.2, 0) is 11.0 Å². The Hall–Kier alpha value is -3.48. The predicted octanol–water partition coefficient (Wildman–Crippen LogP) is 4.38. The molecular formula is C22H22N5O3P. The lowest BCUT2D eigenvalue weighted by Gasteiger charge is -2.23. The van der Waals surface area contributed by atoms with Gasteiger partial charge < -0.3 is 9.05 Å². The molecule has 4 aromatic rings. The third kappa shape index (κ3) is 6.01. The SMILES string of the molecule is O=P(CNC(Cc1ccccc1)c1nnn[nH]1)(Oc1ccccc1)Oc1ccccc1. The van der Waals surface area contributed by atoms with Gasteiger partial charge in [-0.05, 0) is 46.7 Å². The van der Waals surface area contributed by atoms with E-state index in [0.717, 1.165) is 5.56 Å². The lowest BCUT2D eigenvalue weighted by molar-refractivity contribution is 0.374. The number of aromatic amines is 1. The van der Waals surface area contributed by atoms with Crippen molar-refractivity contribution in [2.24, 2.45) is 0 Å². The molecule has 0 bridgehead atoms. The minimum atomic E-state index is -3.62. The van der Waals surface area contributed by atoms with E-state index in [4.69, 9.17) is 9.05 Å². The monoisotopic (exact) mass is 435 g/mol. The lowest BCUT2D eigenvalue weighted by atomic mass is 10.1. The van der Waals surface area contributed by atoms with Crippen molar-refractivity contribution in [1.82, 2.24) is 25.9 Å². The Bertz CT molecular complexity index is 1050. The largest absolute Gasteiger partial charge is 0.444 e. The van der Waals surface area contributed by atoms with Crippen LogP contribution in [0.4, 0.5) is 0 Å². The number of hydrogen-bond acceptors (Lipinski definition) is 7. The first-order valence-electron chi connectivity index (χ1n) is 9.79. The number of para-hydroxylation sites is 2. The minimum Gasteiger partial charge on any atom is -0.415 e. The van der Waals surface area contributed by atoms with Crippen molar-refractivity contribution < 1.29 is 13.6 Å². The fourth-order valence-electron chi connectivity index (χ4n) is 3.02. The highest BCUT2D eigenvalue weighted by Crippen LogP contribution is 2.47. The van der Waals surface area contributed by atoms with Gasteiger partial charge in [0.1, 0.15) is 17.8 Å². The highest BCUT2D eigenvalue weighted by Gasteiger charge is 2.30. The zero-order chi connectivity index (χ0) is 21.4. The molecule has 8 nitrogen and oxygen atoms in total. The zero-order valence-electron chi connectivity index (χ0n) is 16.7. The summed E-state index contributed by atoms with van der Waals surface area (Å²) in [6.07, 6.45) is 0.545. The highest BCUT2D eigenvalue weighted by atomic mass is 31.2. The Morgan fingerprint density at radius 2 is 1.39 bits per heavy atom. The molecule has 2 N–H and O–H groups in total. The van der Waals surface area contributed by atoms with Gasteiger partial charge in [0.25, 0.3) is 0 Å². The molecule has 1 unspecified atom stereocenters. The molecule has 0 amide bonds. The number of rotatable bonds is 10. The Kier molecular flexibility index (Phi) is 6.72. The number of nitrogens with one attached hydrogen (secondary N) is 2. The zero-order valence-corrected chi connectivity index (χ0v) is 17.6. The maximum absolute atomic E-state index is 13.7. The van der Waals surface area contributed by atoms with Crippen LogP contribution in [0.3, 0.4) is 0 Å². The molecule has 0 aliphatic carbocycles. The van der Waals surface area contributed by atoms with Gasteiger partial charge in [0.15, 0.2) is 5.82 Å². The fourth-order valence-corrected chi connectivity index (χ4v) is 4.51. The van der Waals surface area contributed by atoms with Gasteiger partial charge in [-0.2, -0.15) is 0 Å². The topological polar surface area (TPSA) is 102 Å². The summed E-state index contributed by atoms with van der Waals surface area (Å²) in [6, 6.07) is 27.5. The van der Waals surface area contributed by atoms with Crippen LogP contribution in [0.1, 0.15) is 17.4 Å². The number of H-pyrrole nitrogens is 1. The maximum Gasteiger partial charge on any atom is 0.444 e. The first kappa shape index (κ1) is 20.8. The molecule has 0 fully saturated rings. The summed E-state index contributed by atoms with van der Waals surface area (Å²) in [5, 5.41) is 17.4. The molecule has 0 spiro atoms. The van der Waals surface area contributed by atoms with E-state index >= 15 is 0 Å². The molecule has 0 saturated carbocycles. The Morgan fingerprint density at radius 1 is 0.839 bits per heavy atom. The molecule has 1 atom stereocenters. The van der Waals surface area contributed by atoms with Crippen molar-refractivity contribution in [3.05, 3.63) is 102 Å². The summed E-state index contributed by atoms with van der Waals surface area (Å²) in [4.78, 5) is 0. The van der Waals surface area contributed by atoms with Crippen molar-refractivity contribution in [2.45, 2.75) is 12.5 Å². The Morgan fingerprint density at radius 3 is 1.90 bits per heavy atom. The van der Waals surface area contributed by atoms with Crippen LogP contribution >= 0.6 is 7.60 Å². The number of hydrogen-bond donors (Lipinski definition) is 2. The average Bonchev–Trinajstić information content (AvgIpc) is 3.33. The van der Waals surface area contributed by atoms with Gasteiger partial charge in [-0.25, -0.2) is 9.66 Å². The van der Waals surface area contributed by atoms with E-state index in [1.807, 2.05) is 66.7 Å². The molecule has 4 rings (SSSR count). The second-order valence-electron chi connectivity index (χ2n) is 6.81. The molecule has 1 aromatic heterocycles. The van der Waals surface area contributed by atoms with Gasteiger partial charge in [-0.15, -0.1) is 5.10 Å². The quantitative estimate of drug-likeness (QED) is 0.356. The van der Waals surface area contributed by atoms with Crippen molar-refractivity contribution >= 4 is 7.60 Å². The van der Waals surface area contributed by atoms with Gasteiger partial charge in [-0.3, -0.25) is 5.32 Å². The van der Waals surface area contributed by atoms with Crippen molar-refractivity contribution in [2.75, 3.05) is 6.29 Å². The fraction of sp³-hybridized carbons (Fsp3) is 0.136. The van der Waals surface area contributed by atoms with Crippen LogP contribution in [-0.4, -0.2) is 26.9 Å². The van der Waals surface area contributed by atoms with E-state index in [2.05, 4.69) is 25.9 Å². The summed E-state index contributed by atoms with van der Waals surface area (Å²) in [5.41, 5.74) is 1.08. The van der Waals surface area contributed by atoms with Gasteiger partial charge in [0.05, 0.1) is 6.04 Å². The molecule has 31 heavy (non-hydrogen) atoms. The first-order chi connectivity index (χ1) is 15.2. The number of nitrogens with zero attached hydrogens (tertiary/aromatic N) is 3. The average molecular weight is 435 g/mol. The lowest BCUT2D eigenvalue weighted by Crippen LogP contribution is -2.27. The van der Waals surface area contributed by atoms with Crippen molar-refractivity contribution in [1.29, 1.82) is 0 Å². The third-order valence-corrected chi connectivity index (χ3v) is 6.03. The molecule has 158 valence electrons. The summed E-state index contributed by atoms with van der Waals surface area (Å²) >= 11 is 0. The molecule has 0 aliphatic rings. The molecule has 1 heterocycles.